The summed E-state index contributed by atoms with van der Waals surface area (Å²) in [6.45, 7) is 6.56. The van der Waals surface area contributed by atoms with E-state index in [9.17, 15) is 33.6 Å². The number of thiophene rings is 1. The molecule has 0 bridgehead atoms. The van der Waals surface area contributed by atoms with Gasteiger partial charge in [-0.3, -0.25) is 28.9 Å². The van der Waals surface area contributed by atoms with Gasteiger partial charge in [0, 0.05) is 94.5 Å². The SMILES string of the molecule is Cc1cc(Oc2ccccc2)ccc1N1C(=O)Nc2c(C(=O)NC3CCCN(C(=O)/C=C/CNC(=O)CCCC(=O)NCCCOCCOCCOCCCNC(=O)CCCC[C@H]4SCC5NC(=O)NC54N)C3)sc3nccc1c23. The fraction of sp³-hybridized carbons (Fsp3) is 0.500. The Morgan fingerprint density at radius 2 is 1.52 bits per heavy atom. The van der Waals surface area contributed by atoms with E-state index in [0.29, 0.717) is 148 Å². The van der Waals surface area contributed by atoms with Crippen molar-refractivity contribution in [2.45, 2.75) is 101 Å². The minimum absolute atomic E-state index is 0.0180. The Morgan fingerprint density at radius 1 is 0.825 bits per heavy atom. The third kappa shape index (κ3) is 16.4. The maximum atomic E-state index is 13.9. The average Bonchev–Trinajstić information content (AvgIpc) is 4.09. The Balaban J connectivity index is 0.614. The number of hydrogen-bond acceptors (Lipinski definition) is 15. The number of para-hydroxylation sites is 1. The number of nitrogens with one attached hydrogen (secondary N) is 7. The molecular weight excluding hydrogens is 1070 g/mol. The lowest BCUT2D eigenvalue weighted by molar-refractivity contribution is -0.127. The lowest BCUT2D eigenvalue weighted by Crippen LogP contribution is -2.61. The van der Waals surface area contributed by atoms with Gasteiger partial charge >= 0.3 is 12.1 Å². The molecular formula is C56H73N11O11S2. The second kappa shape index (κ2) is 29.6. The van der Waals surface area contributed by atoms with E-state index >= 15 is 0 Å². The molecule has 22 nitrogen and oxygen atoms in total. The second-order valence-electron chi connectivity index (χ2n) is 20.0. The molecule has 2 aromatic carbocycles. The molecule has 4 aliphatic heterocycles. The van der Waals surface area contributed by atoms with E-state index in [1.54, 1.807) is 39.9 Å². The van der Waals surface area contributed by atoms with Crippen LogP contribution < -0.4 is 52.6 Å². The smallest absolute Gasteiger partial charge is 0.331 e. The van der Waals surface area contributed by atoms with Crippen molar-refractivity contribution in [2.24, 2.45) is 5.73 Å². The topological polar surface area (TPSA) is 286 Å². The molecule has 6 heterocycles. The molecule has 4 atom stereocenters. The van der Waals surface area contributed by atoms with Gasteiger partial charge in [0.25, 0.3) is 5.91 Å². The number of unbranched alkanes of at least 4 members (excludes halogenated alkanes) is 1. The molecule has 430 valence electrons. The Hall–Kier alpha value is -6.83. The van der Waals surface area contributed by atoms with Crippen LogP contribution in [0.15, 0.2) is 72.9 Å². The maximum absolute atomic E-state index is 13.9. The summed E-state index contributed by atoms with van der Waals surface area (Å²) in [5.74, 6) is 1.17. The first-order valence-electron chi connectivity index (χ1n) is 27.5. The van der Waals surface area contributed by atoms with Crippen LogP contribution in [0.2, 0.25) is 0 Å². The van der Waals surface area contributed by atoms with Gasteiger partial charge in [0.1, 0.15) is 26.9 Å². The molecule has 0 aliphatic carbocycles. The molecule has 9 N–H and O–H groups in total. The highest BCUT2D eigenvalue weighted by Crippen LogP contribution is 2.47. The highest BCUT2D eigenvalue weighted by Gasteiger charge is 2.53. The largest absolute Gasteiger partial charge is 0.457 e. The maximum Gasteiger partial charge on any atom is 0.331 e. The van der Waals surface area contributed by atoms with Gasteiger partial charge < -0.3 is 66.8 Å². The summed E-state index contributed by atoms with van der Waals surface area (Å²) in [7, 11) is 0. The number of ether oxygens (including phenoxy) is 4. The molecule has 3 saturated heterocycles. The number of amides is 9. The van der Waals surface area contributed by atoms with Crippen molar-refractivity contribution >= 4 is 92.0 Å². The number of aryl methyl sites for hydroxylation is 1. The van der Waals surface area contributed by atoms with E-state index in [-0.39, 0.29) is 72.3 Å². The molecule has 2 aromatic heterocycles. The molecule has 0 spiro atoms. The molecule has 9 amide bonds. The Bertz CT molecular complexity index is 2840. The normalized spacial score (nSPS) is 19.3. The Kier molecular flexibility index (Phi) is 21.9. The highest BCUT2D eigenvalue weighted by molar-refractivity contribution is 8.00. The number of anilines is 3. The molecule has 3 unspecified atom stereocenters. The number of benzene rings is 2. The monoisotopic (exact) mass is 1140 g/mol. The van der Waals surface area contributed by atoms with Gasteiger partial charge in [-0.1, -0.05) is 30.7 Å². The summed E-state index contributed by atoms with van der Waals surface area (Å²) in [4.78, 5) is 98.1. The number of thioether (sulfide) groups is 1. The van der Waals surface area contributed by atoms with Crippen molar-refractivity contribution in [1.82, 2.24) is 41.8 Å². The van der Waals surface area contributed by atoms with E-state index in [0.717, 1.165) is 30.6 Å². The quantitative estimate of drug-likeness (QED) is 0.0170. The minimum Gasteiger partial charge on any atom is -0.457 e. The van der Waals surface area contributed by atoms with Gasteiger partial charge in [-0.2, -0.15) is 11.8 Å². The third-order valence-electron chi connectivity index (χ3n) is 14.0. The summed E-state index contributed by atoms with van der Waals surface area (Å²) < 4.78 is 22.7. The predicted molar refractivity (Wildman–Crippen MR) is 306 cm³/mol. The van der Waals surface area contributed by atoms with Crippen LogP contribution in [0.4, 0.5) is 26.7 Å². The van der Waals surface area contributed by atoms with Crippen molar-refractivity contribution in [1.29, 1.82) is 0 Å². The van der Waals surface area contributed by atoms with E-state index in [1.807, 2.05) is 55.5 Å². The van der Waals surface area contributed by atoms with E-state index in [1.165, 1.54) is 17.4 Å². The number of pyridine rings is 1. The molecule has 4 aromatic rings. The molecule has 0 radical (unpaired) electrons. The van der Waals surface area contributed by atoms with Gasteiger partial charge in [0.2, 0.25) is 23.6 Å². The van der Waals surface area contributed by atoms with Crippen LogP contribution in [0, 0.1) is 6.92 Å². The van der Waals surface area contributed by atoms with Crippen LogP contribution in [-0.4, -0.2) is 153 Å². The summed E-state index contributed by atoms with van der Waals surface area (Å²) in [5, 5.41) is 21.1. The van der Waals surface area contributed by atoms with Gasteiger partial charge in [-0.05, 0) is 93.8 Å². The van der Waals surface area contributed by atoms with Crippen LogP contribution in [-0.2, 0) is 33.4 Å². The molecule has 8 rings (SSSR count). The zero-order valence-electron chi connectivity index (χ0n) is 45.1. The van der Waals surface area contributed by atoms with E-state index < -0.39 is 11.7 Å². The molecule has 0 saturated carbocycles. The number of carbonyl (C=O) groups excluding carboxylic acids is 7. The summed E-state index contributed by atoms with van der Waals surface area (Å²) in [6, 6.07) is 15.7. The second-order valence-corrected chi connectivity index (χ2v) is 22.2. The van der Waals surface area contributed by atoms with Crippen molar-refractivity contribution in [3.05, 3.63) is 83.4 Å². The van der Waals surface area contributed by atoms with Crippen molar-refractivity contribution in [3.63, 3.8) is 0 Å². The summed E-state index contributed by atoms with van der Waals surface area (Å²) >= 11 is 2.96. The van der Waals surface area contributed by atoms with Crippen molar-refractivity contribution in [3.8, 4) is 11.5 Å². The third-order valence-corrected chi connectivity index (χ3v) is 16.7. The van der Waals surface area contributed by atoms with E-state index in [4.69, 9.17) is 24.7 Å². The van der Waals surface area contributed by atoms with Gasteiger partial charge in [-0.25, -0.2) is 14.6 Å². The van der Waals surface area contributed by atoms with Crippen LogP contribution in [0.3, 0.4) is 0 Å². The number of rotatable bonds is 31. The first-order chi connectivity index (χ1) is 38.9. The number of likely N-dealkylation sites (tertiary alicyclic amines) is 1. The lowest BCUT2D eigenvalue weighted by atomic mass is 9.96. The van der Waals surface area contributed by atoms with Crippen LogP contribution >= 0.6 is 23.1 Å². The van der Waals surface area contributed by atoms with E-state index in [2.05, 4.69) is 42.2 Å². The van der Waals surface area contributed by atoms with Crippen molar-refractivity contribution in [2.75, 3.05) is 88.3 Å². The number of fused-ring (bicyclic) bond motifs is 1. The number of aromatic nitrogens is 1. The Labute approximate surface area is 473 Å². The fourth-order valence-electron chi connectivity index (χ4n) is 9.92. The average molecular weight is 1140 g/mol. The number of carbonyl (C=O) groups is 7. The zero-order valence-corrected chi connectivity index (χ0v) is 46.8. The fourth-order valence-corrected chi connectivity index (χ4v) is 12.6. The van der Waals surface area contributed by atoms with Gasteiger partial charge in [0.05, 0.1) is 54.9 Å². The standard InChI is InChI=1S/C56H73N11O11S2/c1-37-34-40(78-39-13-3-2-4-14-39)20-21-41(37)67-42-22-26-61-53-49(42)50(64-55(67)74)51(80-53)52(72)62-38-12-9-27-66(35-38)48(71)19-8-23-58-46(69)17-7-18-47(70)60-25-11-29-76-31-33-77-32-30-75-28-10-24-59-45(68)16-6-5-15-44-56(57)43(36-79-44)63-54(73)65-56/h2-4,8,13-14,19-22,26,34,38,43-44H,5-7,9-12,15-18,23-25,27-33,35-36,57H2,1H3,(H,58,69)(H,59,68)(H,60,70)(H,62,72)(H,64,74)(H2,63,65,73)/b19-8+/t38?,43?,44-,56?/m1/s1. The number of piperidine rings is 1. The van der Waals surface area contributed by atoms with Gasteiger partial charge in [0.15, 0.2) is 0 Å². The number of nitrogens with zero attached hydrogens (tertiary/aromatic N) is 3. The number of urea groups is 2. The van der Waals surface area contributed by atoms with Crippen LogP contribution in [0.1, 0.15) is 85.9 Å². The summed E-state index contributed by atoms with van der Waals surface area (Å²) in [5.41, 5.74) is 8.21. The van der Waals surface area contributed by atoms with Gasteiger partial charge in [-0.15, -0.1) is 11.3 Å². The van der Waals surface area contributed by atoms with Crippen LogP contribution in [0.25, 0.3) is 10.2 Å². The van der Waals surface area contributed by atoms with Crippen LogP contribution in [0.5, 0.6) is 11.5 Å². The Morgan fingerprint density at radius 3 is 2.25 bits per heavy atom. The zero-order chi connectivity index (χ0) is 56.3. The first kappa shape index (κ1) is 59.3. The summed E-state index contributed by atoms with van der Waals surface area (Å²) in [6.07, 6.45) is 11.0. The molecule has 4 aliphatic rings. The highest BCUT2D eigenvalue weighted by atomic mass is 32.2. The predicted octanol–water partition coefficient (Wildman–Crippen LogP) is 5.72. The number of nitrogens with two attached hydrogens (primary N) is 1. The van der Waals surface area contributed by atoms with Crippen molar-refractivity contribution < 1.29 is 52.5 Å². The molecule has 80 heavy (non-hydrogen) atoms. The number of hydrogen-bond donors (Lipinski definition) is 8. The molecule has 3 fully saturated rings. The lowest BCUT2D eigenvalue weighted by Gasteiger charge is -2.32. The minimum atomic E-state index is -0.705. The first-order valence-corrected chi connectivity index (χ1v) is 29.4. The molecule has 24 heteroatoms.